The summed E-state index contributed by atoms with van der Waals surface area (Å²) in [5.41, 5.74) is 1.99. The van der Waals surface area contributed by atoms with Gasteiger partial charge >= 0.3 is 0 Å². The second kappa shape index (κ2) is 7.26. The molecule has 0 aliphatic heterocycles. The van der Waals surface area contributed by atoms with Crippen molar-refractivity contribution in [2.24, 2.45) is 5.41 Å². The number of nitrogens with one attached hydrogen (secondary N) is 1. The fraction of sp³-hybridized carbons (Fsp3) is 0.778. The van der Waals surface area contributed by atoms with Crippen LogP contribution in [-0.4, -0.2) is 31.1 Å². The van der Waals surface area contributed by atoms with Crippen molar-refractivity contribution in [3.8, 4) is 0 Å². The lowest BCUT2D eigenvalue weighted by molar-refractivity contribution is 0.141. The summed E-state index contributed by atoms with van der Waals surface area (Å²) in [5, 5.41) is 8.32. The van der Waals surface area contributed by atoms with E-state index in [1.165, 1.54) is 70.0 Å². The maximum Gasteiger partial charge on any atom is 0.0239 e. The van der Waals surface area contributed by atoms with E-state index < -0.39 is 0 Å². The van der Waals surface area contributed by atoms with Crippen LogP contribution in [0.1, 0.15) is 56.9 Å². The second-order valence-corrected chi connectivity index (χ2v) is 8.15. The van der Waals surface area contributed by atoms with Gasteiger partial charge in [-0.25, -0.2) is 0 Å². The molecule has 0 atom stereocenters. The van der Waals surface area contributed by atoms with Crippen LogP contribution in [0, 0.1) is 5.41 Å². The van der Waals surface area contributed by atoms with Crippen LogP contribution in [0.25, 0.3) is 0 Å². The van der Waals surface area contributed by atoms with Gasteiger partial charge in [-0.1, -0.05) is 25.7 Å². The van der Waals surface area contributed by atoms with Gasteiger partial charge in [-0.3, -0.25) is 0 Å². The Balaban J connectivity index is 1.59. The lowest BCUT2D eigenvalue weighted by Gasteiger charge is -2.37. The Bertz CT molecular complexity index is 403. The molecular weight excluding hydrogens is 276 g/mol. The minimum Gasteiger partial charge on any atom is -0.313 e. The molecule has 0 aromatic carbocycles. The van der Waals surface area contributed by atoms with Gasteiger partial charge in [-0.15, -0.1) is 0 Å². The second-order valence-electron chi connectivity index (χ2n) is 7.37. The van der Waals surface area contributed by atoms with Crippen molar-refractivity contribution in [1.82, 2.24) is 10.2 Å². The van der Waals surface area contributed by atoms with Crippen LogP contribution in [0.15, 0.2) is 16.8 Å². The highest BCUT2D eigenvalue weighted by Crippen LogP contribution is 2.36. The number of hydrogen-bond acceptors (Lipinski definition) is 3. The molecule has 0 saturated heterocycles. The summed E-state index contributed by atoms with van der Waals surface area (Å²) in [6.45, 7) is 3.60. The van der Waals surface area contributed by atoms with Gasteiger partial charge in [0.15, 0.2) is 0 Å². The summed E-state index contributed by atoms with van der Waals surface area (Å²) in [7, 11) is 2.31. The zero-order valence-corrected chi connectivity index (χ0v) is 14.3. The highest BCUT2D eigenvalue weighted by molar-refractivity contribution is 7.07. The van der Waals surface area contributed by atoms with Crippen molar-refractivity contribution in [3.63, 3.8) is 0 Å². The average molecular weight is 307 g/mol. The van der Waals surface area contributed by atoms with Crippen LogP contribution >= 0.6 is 11.3 Å². The van der Waals surface area contributed by atoms with Gasteiger partial charge in [0, 0.05) is 25.7 Å². The van der Waals surface area contributed by atoms with Crippen molar-refractivity contribution in [2.75, 3.05) is 20.1 Å². The van der Waals surface area contributed by atoms with Crippen molar-refractivity contribution in [3.05, 3.63) is 22.4 Å². The molecule has 0 bridgehead atoms. The molecule has 2 aliphatic rings. The molecule has 1 heterocycles. The Kier molecular flexibility index (Phi) is 5.36. The van der Waals surface area contributed by atoms with Gasteiger partial charge in [0.25, 0.3) is 0 Å². The van der Waals surface area contributed by atoms with Gasteiger partial charge < -0.3 is 10.2 Å². The fourth-order valence-corrected chi connectivity index (χ4v) is 4.50. The molecule has 21 heavy (non-hydrogen) atoms. The van der Waals surface area contributed by atoms with Crippen molar-refractivity contribution >= 4 is 11.3 Å². The molecular formula is C18H30N2S. The van der Waals surface area contributed by atoms with Crippen LogP contribution in [0.2, 0.25) is 0 Å². The molecule has 0 radical (unpaired) electrons. The Labute approximate surface area is 133 Å². The quantitative estimate of drug-likeness (QED) is 0.757. The predicted molar refractivity (Wildman–Crippen MR) is 91.8 cm³/mol. The van der Waals surface area contributed by atoms with E-state index in [2.05, 4.69) is 34.1 Å². The Hall–Kier alpha value is -0.380. The van der Waals surface area contributed by atoms with Gasteiger partial charge in [0.1, 0.15) is 0 Å². The molecule has 1 aromatic rings. The fourth-order valence-electron chi connectivity index (χ4n) is 3.84. The van der Waals surface area contributed by atoms with Crippen LogP contribution in [-0.2, 0) is 6.54 Å². The van der Waals surface area contributed by atoms with Gasteiger partial charge in [0.05, 0.1) is 0 Å². The summed E-state index contributed by atoms with van der Waals surface area (Å²) in [5.74, 6) is 0. The van der Waals surface area contributed by atoms with Gasteiger partial charge in [-0.05, 0) is 60.5 Å². The van der Waals surface area contributed by atoms with E-state index in [9.17, 15) is 0 Å². The average Bonchev–Trinajstić information content (AvgIpc) is 3.21. The van der Waals surface area contributed by atoms with Crippen molar-refractivity contribution in [1.29, 1.82) is 0 Å². The van der Waals surface area contributed by atoms with Crippen LogP contribution < -0.4 is 5.32 Å². The Morgan fingerprint density at radius 1 is 1.24 bits per heavy atom. The predicted octanol–water partition coefficient (Wildman–Crippen LogP) is 4.27. The minimum atomic E-state index is 0.518. The highest BCUT2D eigenvalue weighted by Gasteiger charge is 2.34. The summed E-state index contributed by atoms with van der Waals surface area (Å²) in [4.78, 5) is 2.56. The number of hydrogen-bond donors (Lipinski definition) is 1. The van der Waals surface area contributed by atoms with E-state index in [1.54, 1.807) is 0 Å². The number of thiophene rings is 1. The third kappa shape index (κ3) is 4.80. The summed E-state index contributed by atoms with van der Waals surface area (Å²) in [6.07, 6.45) is 11.4. The third-order valence-electron chi connectivity index (χ3n) is 5.15. The van der Waals surface area contributed by atoms with Gasteiger partial charge in [0.2, 0.25) is 0 Å². The molecule has 1 N–H and O–H groups in total. The zero-order chi connectivity index (χ0) is 14.5. The van der Waals surface area contributed by atoms with Crippen LogP contribution in [0.3, 0.4) is 0 Å². The molecule has 2 nitrogen and oxygen atoms in total. The standard InChI is InChI=1S/C18H30N2S/c1-20(12-16-8-11-21-13-16)15-18(14-19-17-6-7-17)9-4-2-3-5-10-18/h8,11,13,17,19H,2-7,9-10,12,14-15H2,1H3. The smallest absolute Gasteiger partial charge is 0.0239 e. The topological polar surface area (TPSA) is 15.3 Å². The zero-order valence-electron chi connectivity index (χ0n) is 13.4. The van der Waals surface area contributed by atoms with Gasteiger partial charge in [-0.2, -0.15) is 11.3 Å². The summed E-state index contributed by atoms with van der Waals surface area (Å²) < 4.78 is 0. The summed E-state index contributed by atoms with van der Waals surface area (Å²) >= 11 is 1.81. The largest absolute Gasteiger partial charge is 0.313 e. The first-order valence-electron chi connectivity index (χ1n) is 8.69. The number of rotatable bonds is 7. The SMILES string of the molecule is CN(Cc1ccsc1)CC1(CNC2CC2)CCCCCC1. The van der Waals surface area contributed by atoms with E-state index in [4.69, 9.17) is 0 Å². The first-order chi connectivity index (χ1) is 10.3. The van der Waals surface area contributed by atoms with E-state index in [-0.39, 0.29) is 0 Å². The minimum absolute atomic E-state index is 0.518. The summed E-state index contributed by atoms with van der Waals surface area (Å²) in [6, 6.07) is 3.11. The maximum atomic E-state index is 3.83. The van der Waals surface area contributed by atoms with E-state index in [1.807, 2.05) is 11.3 Å². The molecule has 2 fully saturated rings. The third-order valence-corrected chi connectivity index (χ3v) is 5.88. The molecule has 0 amide bonds. The van der Waals surface area contributed by atoms with Crippen molar-refractivity contribution < 1.29 is 0 Å². The van der Waals surface area contributed by atoms with Crippen molar-refractivity contribution in [2.45, 2.75) is 64.0 Å². The van der Waals surface area contributed by atoms with Crippen LogP contribution in [0.4, 0.5) is 0 Å². The molecule has 3 rings (SSSR count). The maximum absolute atomic E-state index is 3.83. The normalized spacial score (nSPS) is 22.4. The molecule has 2 aliphatic carbocycles. The molecule has 3 heteroatoms. The highest BCUT2D eigenvalue weighted by atomic mass is 32.1. The molecule has 118 valence electrons. The molecule has 1 aromatic heterocycles. The van der Waals surface area contributed by atoms with Crippen LogP contribution in [0.5, 0.6) is 0 Å². The Morgan fingerprint density at radius 2 is 2.00 bits per heavy atom. The number of nitrogens with zero attached hydrogens (tertiary/aromatic N) is 1. The lowest BCUT2D eigenvalue weighted by Crippen LogP contribution is -2.43. The lowest BCUT2D eigenvalue weighted by atomic mass is 9.79. The van der Waals surface area contributed by atoms with E-state index in [0.717, 1.165) is 12.6 Å². The molecule has 0 spiro atoms. The van der Waals surface area contributed by atoms with E-state index >= 15 is 0 Å². The Morgan fingerprint density at radius 3 is 2.62 bits per heavy atom. The monoisotopic (exact) mass is 306 g/mol. The van der Waals surface area contributed by atoms with E-state index in [0.29, 0.717) is 5.41 Å². The molecule has 2 saturated carbocycles. The first kappa shape index (κ1) is 15.5. The molecule has 0 unspecified atom stereocenters. The first-order valence-corrected chi connectivity index (χ1v) is 9.63.